The van der Waals surface area contributed by atoms with Crippen molar-refractivity contribution in [3.63, 3.8) is 0 Å². The lowest BCUT2D eigenvalue weighted by molar-refractivity contribution is 0.353. The molecule has 3 heteroatoms. The smallest absolute Gasteiger partial charge is 0.127 e. The molecule has 0 aromatic heterocycles. The molecule has 1 aliphatic heterocycles. The Hall–Kier alpha value is -0.210. The van der Waals surface area contributed by atoms with Gasteiger partial charge in [-0.2, -0.15) is 0 Å². The molecule has 1 nitrogen and oxygen atoms in total. The van der Waals surface area contributed by atoms with Crippen molar-refractivity contribution in [2.24, 2.45) is 0 Å². The van der Waals surface area contributed by atoms with Gasteiger partial charge in [-0.05, 0) is 24.1 Å². The standard InChI is InChI=1S/C11H12BrClO/c1-2-10(12)9-6-8(13)5-7-3-4-14-11(7)9/h5-6,10H,2-4H2,1H3. The van der Waals surface area contributed by atoms with Crippen LogP contribution in [0.5, 0.6) is 5.75 Å². The Kier molecular flexibility index (Phi) is 3.03. The van der Waals surface area contributed by atoms with E-state index in [1.165, 1.54) is 11.1 Å². The molecular weight excluding hydrogens is 263 g/mol. The minimum absolute atomic E-state index is 0.341. The van der Waals surface area contributed by atoms with E-state index in [-0.39, 0.29) is 0 Å². The van der Waals surface area contributed by atoms with E-state index >= 15 is 0 Å². The Bertz CT molecular complexity index is 351. The third kappa shape index (κ3) is 1.78. The van der Waals surface area contributed by atoms with Crippen LogP contribution >= 0.6 is 27.5 Å². The molecule has 0 spiro atoms. The molecule has 0 saturated carbocycles. The lowest BCUT2D eigenvalue weighted by Crippen LogP contribution is -1.94. The summed E-state index contributed by atoms with van der Waals surface area (Å²) in [4.78, 5) is 0.341. The quantitative estimate of drug-likeness (QED) is 0.738. The van der Waals surface area contributed by atoms with Crippen molar-refractivity contribution in [1.82, 2.24) is 0 Å². The monoisotopic (exact) mass is 274 g/mol. The van der Waals surface area contributed by atoms with Crippen LogP contribution in [0.4, 0.5) is 0 Å². The molecular formula is C11H12BrClO. The molecule has 0 aliphatic carbocycles. The summed E-state index contributed by atoms with van der Waals surface area (Å²) >= 11 is 9.69. The average molecular weight is 276 g/mol. The van der Waals surface area contributed by atoms with Crippen LogP contribution in [0.25, 0.3) is 0 Å². The summed E-state index contributed by atoms with van der Waals surface area (Å²) in [6.07, 6.45) is 2.02. The maximum absolute atomic E-state index is 6.05. The van der Waals surface area contributed by atoms with Crippen molar-refractivity contribution < 1.29 is 4.74 Å². The van der Waals surface area contributed by atoms with Crippen molar-refractivity contribution >= 4 is 27.5 Å². The SMILES string of the molecule is CCC(Br)c1cc(Cl)cc2c1OCC2. The van der Waals surface area contributed by atoms with E-state index in [1.807, 2.05) is 12.1 Å². The second kappa shape index (κ2) is 4.11. The maximum Gasteiger partial charge on any atom is 0.127 e. The second-order valence-corrected chi connectivity index (χ2v) is 5.00. The summed E-state index contributed by atoms with van der Waals surface area (Å²) in [6.45, 7) is 2.92. The number of ether oxygens (including phenoxy) is 1. The molecule has 1 atom stereocenters. The molecule has 1 aromatic rings. The molecule has 0 bridgehead atoms. The van der Waals surface area contributed by atoms with Crippen LogP contribution < -0.4 is 4.74 Å². The van der Waals surface area contributed by atoms with E-state index in [9.17, 15) is 0 Å². The molecule has 0 N–H and O–H groups in total. The van der Waals surface area contributed by atoms with E-state index in [2.05, 4.69) is 22.9 Å². The number of hydrogen-bond donors (Lipinski definition) is 0. The number of halogens is 2. The van der Waals surface area contributed by atoms with Crippen LogP contribution in [0.1, 0.15) is 29.3 Å². The van der Waals surface area contributed by atoms with Crippen LogP contribution in [-0.2, 0) is 6.42 Å². The summed E-state index contributed by atoms with van der Waals surface area (Å²) in [7, 11) is 0. The van der Waals surface area contributed by atoms with Gasteiger partial charge < -0.3 is 4.74 Å². The molecule has 1 heterocycles. The molecule has 0 radical (unpaired) electrons. The van der Waals surface area contributed by atoms with Gasteiger partial charge in [-0.15, -0.1) is 0 Å². The lowest BCUT2D eigenvalue weighted by Gasteiger charge is -2.12. The number of alkyl halides is 1. The summed E-state index contributed by atoms with van der Waals surface area (Å²) < 4.78 is 5.62. The fourth-order valence-electron chi connectivity index (χ4n) is 1.75. The summed E-state index contributed by atoms with van der Waals surface area (Å²) in [5.74, 6) is 1.04. The van der Waals surface area contributed by atoms with Crippen molar-refractivity contribution in [2.75, 3.05) is 6.61 Å². The normalized spacial score (nSPS) is 16.2. The molecule has 0 saturated heterocycles. The van der Waals surface area contributed by atoms with Crippen LogP contribution in [0.2, 0.25) is 5.02 Å². The molecule has 14 heavy (non-hydrogen) atoms. The van der Waals surface area contributed by atoms with E-state index < -0.39 is 0 Å². The van der Waals surface area contributed by atoms with Gasteiger partial charge in [0.15, 0.2) is 0 Å². The number of fused-ring (bicyclic) bond motifs is 1. The van der Waals surface area contributed by atoms with Gasteiger partial charge in [0.2, 0.25) is 0 Å². The maximum atomic E-state index is 6.05. The molecule has 2 rings (SSSR count). The number of hydrogen-bond acceptors (Lipinski definition) is 1. The fourth-order valence-corrected chi connectivity index (χ4v) is 2.34. The van der Waals surface area contributed by atoms with Gasteiger partial charge in [0, 0.05) is 21.8 Å². The first-order valence-electron chi connectivity index (χ1n) is 4.81. The predicted octanol–water partition coefficient (Wildman–Crippen LogP) is 4.12. The van der Waals surface area contributed by atoms with Gasteiger partial charge in [0.25, 0.3) is 0 Å². The number of benzene rings is 1. The lowest BCUT2D eigenvalue weighted by atomic mass is 10.0. The Labute approximate surface area is 97.5 Å². The van der Waals surface area contributed by atoms with Gasteiger partial charge in [-0.1, -0.05) is 34.5 Å². The third-order valence-corrected chi connectivity index (χ3v) is 3.83. The first kappa shape index (κ1) is 10.3. The largest absolute Gasteiger partial charge is 0.493 e. The summed E-state index contributed by atoms with van der Waals surface area (Å²) in [6, 6.07) is 4.00. The molecule has 0 amide bonds. The first-order chi connectivity index (χ1) is 6.72. The highest BCUT2D eigenvalue weighted by Crippen LogP contribution is 2.40. The van der Waals surface area contributed by atoms with Crippen molar-refractivity contribution in [3.05, 3.63) is 28.3 Å². The zero-order valence-corrected chi connectivity index (χ0v) is 10.4. The second-order valence-electron chi connectivity index (χ2n) is 3.46. The Balaban J connectivity index is 2.48. The minimum Gasteiger partial charge on any atom is -0.493 e. The summed E-state index contributed by atoms with van der Waals surface area (Å²) in [5, 5.41) is 0.808. The third-order valence-electron chi connectivity index (χ3n) is 2.47. The van der Waals surface area contributed by atoms with Crippen LogP contribution in [0.3, 0.4) is 0 Å². The molecule has 0 fully saturated rings. The van der Waals surface area contributed by atoms with Gasteiger partial charge in [-0.3, -0.25) is 0 Å². The first-order valence-corrected chi connectivity index (χ1v) is 6.11. The van der Waals surface area contributed by atoms with Crippen LogP contribution in [0.15, 0.2) is 12.1 Å². The van der Waals surface area contributed by atoms with Gasteiger partial charge in [0.05, 0.1) is 6.61 Å². The van der Waals surface area contributed by atoms with Crippen LogP contribution in [0, 0.1) is 0 Å². The fraction of sp³-hybridized carbons (Fsp3) is 0.455. The van der Waals surface area contributed by atoms with Crippen molar-refractivity contribution in [3.8, 4) is 5.75 Å². The van der Waals surface area contributed by atoms with Crippen molar-refractivity contribution in [1.29, 1.82) is 0 Å². The Morgan fingerprint density at radius 1 is 1.57 bits per heavy atom. The van der Waals surface area contributed by atoms with Crippen molar-refractivity contribution in [2.45, 2.75) is 24.6 Å². The Morgan fingerprint density at radius 3 is 3.07 bits per heavy atom. The molecule has 1 unspecified atom stereocenters. The minimum atomic E-state index is 0.341. The van der Waals surface area contributed by atoms with E-state index in [4.69, 9.17) is 16.3 Å². The van der Waals surface area contributed by atoms with Gasteiger partial charge in [0.1, 0.15) is 5.75 Å². The van der Waals surface area contributed by atoms with Gasteiger partial charge >= 0.3 is 0 Å². The number of rotatable bonds is 2. The zero-order chi connectivity index (χ0) is 10.1. The highest BCUT2D eigenvalue weighted by atomic mass is 79.9. The predicted molar refractivity (Wildman–Crippen MR) is 62.6 cm³/mol. The molecule has 1 aromatic carbocycles. The van der Waals surface area contributed by atoms with E-state index in [1.54, 1.807) is 0 Å². The topological polar surface area (TPSA) is 9.23 Å². The average Bonchev–Trinajstić information content (AvgIpc) is 2.62. The highest BCUT2D eigenvalue weighted by Gasteiger charge is 2.20. The molecule has 1 aliphatic rings. The van der Waals surface area contributed by atoms with E-state index in [0.717, 1.165) is 30.2 Å². The highest BCUT2D eigenvalue weighted by molar-refractivity contribution is 9.09. The zero-order valence-electron chi connectivity index (χ0n) is 8.02. The van der Waals surface area contributed by atoms with E-state index in [0.29, 0.717) is 4.83 Å². The Morgan fingerprint density at radius 2 is 2.36 bits per heavy atom. The van der Waals surface area contributed by atoms with Gasteiger partial charge in [-0.25, -0.2) is 0 Å². The molecule has 76 valence electrons. The van der Waals surface area contributed by atoms with Crippen LogP contribution in [-0.4, -0.2) is 6.61 Å². The summed E-state index contributed by atoms with van der Waals surface area (Å²) in [5.41, 5.74) is 2.43.